The Balaban J connectivity index is 1.61. The number of thioether (sulfide) groups is 1. The van der Waals surface area contributed by atoms with E-state index in [0.29, 0.717) is 17.0 Å². The summed E-state index contributed by atoms with van der Waals surface area (Å²) in [5, 5.41) is 2.73. The van der Waals surface area contributed by atoms with Crippen LogP contribution in [0.25, 0.3) is 0 Å². The number of ether oxygens (including phenoxy) is 3. The molecule has 154 valence electrons. The first-order valence-corrected chi connectivity index (χ1v) is 10.6. The molecular weight excluding hydrogens is 390 g/mol. The van der Waals surface area contributed by atoms with Crippen molar-refractivity contribution in [2.75, 3.05) is 24.8 Å². The molecule has 7 heteroatoms. The minimum Gasteiger partial charge on any atom is -0.495 e. The molecule has 0 radical (unpaired) electrons. The van der Waals surface area contributed by atoms with Crippen molar-refractivity contribution in [3.63, 3.8) is 0 Å². The average Bonchev–Trinajstić information content (AvgIpc) is 3.26. The van der Waals surface area contributed by atoms with Crippen LogP contribution in [0.4, 0.5) is 5.69 Å². The monoisotopic (exact) mass is 415 g/mol. The fraction of sp³-hybridized carbons (Fsp3) is 0.364. The van der Waals surface area contributed by atoms with Gasteiger partial charge in [0.2, 0.25) is 0 Å². The molecule has 1 amide bonds. The predicted molar refractivity (Wildman–Crippen MR) is 113 cm³/mol. The van der Waals surface area contributed by atoms with Gasteiger partial charge in [-0.1, -0.05) is 24.3 Å². The molecule has 1 saturated heterocycles. The van der Waals surface area contributed by atoms with Gasteiger partial charge in [-0.25, -0.2) is 4.79 Å². The number of carbonyl (C=O) groups is 2. The molecule has 0 saturated carbocycles. The first kappa shape index (κ1) is 21.2. The Morgan fingerprint density at radius 2 is 1.97 bits per heavy atom. The van der Waals surface area contributed by atoms with Crippen LogP contribution in [-0.4, -0.2) is 43.6 Å². The van der Waals surface area contributed by atoms with E-state index in [2.05, 4.69) is 5.32 Å². The molecule has 1 aliphatic heterocycles. The third-order valence-corrected chi connectivity index (χ3v) is 5.78. The van der Waals surface area contributed by atoms with E-state index in [-0.39, 0.29) is 6.10 Å². The van der Waals surface area contributed by atoms with E-state index in [1.54, 1.807) is 49.0 Å². The highest BCUT2D eigenvalue weighted by Gasteiger charge is 2.23. The lowest BCUT2D eigenvalue weighted by Crippen LogP contribution is -2.30. The van der Waals surface area contributed by atoms with Crippen LogP contribution in [0.15, 0.2) is 53.4 Å². The molecule has 1 fully saturated rings. The number of benzene rings is 2. The number of amides is 1. The molecule has 1 aliphatic rings. The van der Waals surface area contributed by atoms with Crippen molar-refractivity contribution < 1.29 is 23.8 Å². The molecule has 0 aromatic heterocycles. The molecule has 2 aromatic carbocycles. The molecular formula is C22H25NO5S. The summed E-state index contributed by atoms with van der Waals surface area (Å²) in [5.74, 6) is 0.374. The van der Waals surface area contributed by atoms with Crippen molar-refractivity contribution in [3.8, 4) is 5.75 Å². The van der Waals surface area contributed by atoms with Gasteiger partial charge in [0.1, 0.15) is 5.75 Å². The number of para-hydroxylation sites is 2. The number of nitrogens with one attached hydrogen (secondary N) is 1. The van der Waals surface area contributed by atoms with Gasteiger partial charge in [0.25, 0.3) is 5.91 Å². The maximum absolute atomic E-state index is 12.7. The number of hydrogen-bond acceptors (Lipinski definition) is 6. The van der Waals surface area contributed by atoms with Crippen molar-refractivity contribution in [2.24, 2.45) is 0 Å². The SMILES string of the molecule is COc1ccccc1NC(=O)C(C)OC(=O)c1ccccc1SCC1CCCO1. The topological polar surface area (TPSA) is 73.9 Å². The van der Waals surface area contributed by atoms with Crippen molar-refractivity contribution in [3.05, 3.63) is 54.1 Å². The van der Waals surface area contributed by atoms with Crippen LogP contribution in [0.1, 0.15) is 30.1 Å². The standard InChI is InChI=1S/C22H25NO5S/c1-15(21(24)23-18-10-4-5-11-19(18)26-2)28-22(25)17-9-3-6-12-20(17)29-14-16-8-7-13-27-16/h3-6,9-12,15-16H,7-8,13-14H2,1-2H3,(H,23,24). The number of hydrogen-bond donors (Lipinski definition) is 1. The van der Waals surface area contributed by atoms with E-state index in [1.165, 1.54) is 7.11 Å². The number of rotatable bonds is 8. The van der Waals surface area contributed by atoms with Crippen molar-refractivity contribution in [2.45, 2.75) is 36.9 Å². The zero-order chi connectivity index (χ0) is 20.6. The summed E-state index contributed by atoms with van der Waals surface area (Å²) in [6.07, 6.45) is 1.38. The summed E-state index contributed by atoms with van der Waals surface area (Å²) in [6, 6.07) is 14.3. The van der Waals surface area contributed by atoms with Gasteiger partial charge in [-0.3, -0.25) is 4.79 Å². The maximum atomic E-state index is 12.7. The largest absolute Gasteiger partial charge is 0.495 e. The van der Waals surface area contributed by atoms with E-state index in [1.807, 2.05) is 18.2 Å². The summed E-state index contributed by atoms with van der Waals surface area (Å²) in [6.45, 7) is 2.35. The van der Waals surface area contributed by atoms with Gasteiger partial charge < -0.3 is 19.5 Å². The van der Waals surface area contributed by atoms with Gasteiger partial charge in [0, 0.05) is 17.3 Å². The minimum atomic E-state index is -0.955. The van der Waals surface area contributed by atoms with Gasteiger partial charge in [-0.05, 0) is 44.0 Å². The highest BCUT2D eigenvalue weighted by Crippen LogP contribution is 2.28. The second-order valence-corrected chi connectivity index (χ2v) is 7.74. The van der Waals surface area contributed by atoms with Crippen LogP contribution in [0.2, 0.25) is 0 Å². The van der Waals surface area contributed by atoms with Gasteiger partial charge in [-0.2, -0.15) is 0 Å². The highest BCUT2D eigenvalue weighted by atomic mass is 32.2. The Labute approximate surface area is 174 Å². The first-order valence-electron chi connectivity index (χ1n) is 9.56. The molecule has 2 aromatic rings. The lowest BCUT2D eigenvalue weighted by atomic mass is 10.2. The van der Waals surface area contributed by atoms with Crippen LogP contribution < -0.4 is 10.1 Å². The third kappa shape index (κ3) is 5.74. The van der Waals surface area contributed by atoms with E-state index in [0.717, 1.165) is 30.1 Å². The molecule has 29 heavy (non-hydrogen) atoms. The predicted octanol–water partition coefficient (Wildman–Crippen LogP) is 4.15. The maximum Gasteiger partial charge on any atom is 0.340 e. The minimum absolute atomic E-state index is 0.217. The van der Waals surface area contributed by atoms with Crippen LogP contribution >= 0.6 is 11.8 Å². The lowest BCUT2D eigenvalue weighted by molar-refractivity contribution is -0.123. The fourth-order valence-corrected chi connectivity index (χ4v) is 4.09. The number of carbonyl (C=O) groups excluding carboxylic acids is 2. The lowest BCUT2D eigenvalue weighted by Gasteiger charge is -2.16. The first-order chi connectivity index (χ1) is 14.1. The van der Waals surface area contributed by atoms with E-state index >= 15 is 0 Å². The summed E-state index contributed by atoms with van der Waals surface area (Å²) in [7, 11) is 1.53. The van der Waals surface area contributed by atoms with Gasteiger partial charge >= 0.3 is 5.97 Å². The van der Waals surface area contributed by atoms with Crippen molar-refractivity contribution in [1.82, 2.24) is 0 Å². The van der Waals surface area contributed by atoms with Gasteiger partial charge in [-0.15, -0.1) is 11.8 Å². The van der Waals surface area contributed by atoms with Crippen LogP contribution in [0, 0.1) is 0 Å². The quantitative estimate of drug-likeness (QED) is 0.516. The molecule has 0 spiro atoms. The molecule has 1 N–H and O–H groups in total. The van der Waals surface area contributed by atoms with E-state index in [4.69, 9.17) is 14.2 Å². The molecule has 6 nitrogen and oxygen atoms in total. The van der Waals surface area contributed by atoms with Gasteiger partial charge in [0.05, 0.1) is 24.5 Å². The van der Waals surface area contributed by atoms with E-state index in [9.17, 15) is 9.59 Å². The Morgan fingerprint density at radius 1 is 1.21 bits per heavy atom. The zero-order valence-corrected chi connectivity index (χ0v) is 17.4. The molecule has 1 heterocycles. The highest BCUT2D eigenvalue weighted by molar-refractivity contribution is 7.99. The second kappa shape index (κ2) is 10.3. The van der Waals surface area contributed by atoms with Crippen LogP contribution in [-0.2, 0) is 14.3 Å². The summed E-state index contributed by atoms with van der Waals surface area (Å²) < 4.78 is 16.3. The summed E-state index contributed by atoms with van der Waals surface area (Å²) in [5.41, 5.74) is 0.975. The molecule has 0 bridgehead atoms. The number of anilines is 1. The summed E-state index contributed by atoms with van der Waals surface area (Å²) >= 11 is 1.57. The Kier molecular flexibility index (Phi) is 7.55. The van der Waals surface area contributed by atoms with Crippen molar-refractivity contribution >= 4 is 29.3 Å². The Hall–Kier alpha value is -2.51. The van der Waals surface area contributed by atoms with E-state index < -0.39 is 18.0 Å². The Morgan fingerprint density at radius 3 is 2.72 bits per heavy atom. The van der Waals surface area contributed by atoms with Crippen molar-refractivity contribution in [1.29, 1.82) is 0 Å². The molecule has 3 rings (SSSR count). The average molecular weight is 416 g/mol. The molecule has 0 aliphatic carbocycles. The van der Waals surface area contributed by atoms with Crippen LogP contribution in [0.3, 0.4) is 0 Å². The zero-order valence-electron chi connectivity index (χ0n) is 16.6. The van der Waals surface area contributed by atoms with Crippen LogP contribution in [0.5, 0.6) is 5.75 Å². The number of esters is 1. The third-order valence-electron chi connectivity index (χ3n) is 4.57. The Bertz CT molecular complexity index is 851. The molecule has 2 unspecified atom stereocenters. The fourth-order valence-electron chi connectivity index (χ4n) is 2.98. The number of methoxy groups -OCH3 is 1. The molecule has 2 atom stereocenters. The normalized spacial score (nSPS) is 16.8. The van der Waals surface area contributed by atoms with Gasteiger partial charge in [0.15, 0.2) is 6.10 Å². The summed E-state index contributed by atoms with van der Waals surface area (Å²) in [4.78, 5) is 26.0. The smallest absolute Gasteiger partial charge is 0.340 e. The second-order valence-electron chi connectivity index (χ2n) is 6.68.